The van der Waals surface area contributed by atoms with Gasteiger partial charge >= 0.3 is 8.35 Å². The molecule has 1 rings (SSSR count). The molecule has 0 aromatic heterocycles. The Bertz CT molecular complexity index is 190. The highest BCUT2D eigenvalue weighted by Gasteiger charge is 2.06. The fraction of sp³-hybridized carbons (Fsp3) is 0.143. The van der Waals surface area contributed by atoms with Crippen LogP contribution in [-0.4, -0.2) is 15.5 Å². The molecule has 0 fully saturated rings. The lowest BCUT2D eigenvalue weighted by Crippen LogP contribution is -2.25. The molecule has 54 valence electrons. The van der Waals surface area contributed by atoms with Crippen LogP contribution in [0.15, 0.2) is 30.3 Å². The van der Waals surface area contributed by atoms with Crippen molar-refractivity contribution in [3.63, 3.8) is 0 Å². The second-order valence-corrected chi connectivity index (χ2v) is 4.92. The Balaban J connectivity index is 2.75. The maximum Gasteiger partial charge on any atom is 0.306 e. The molecule has 0 aliphatic carbocycles. The molecular weight excluding hydrogens is 164 g/mol. The Kier molecular flexibility index (Phi) is 2.93. The number of halogens is 1. The van der Waals surface area contributed by atoms with Crippen LogP contribution in [0.2, 0.25) is 0 Å². The summed E-state index contributed by atoms with van der Waals surface area (Å²) in [4.78, 5) is 0. The monoisotopic (exact) mass is 172 g/mol. The van der Waals surface area contributed by atoms with Crippen LogP contribution >= 0.6 is 11.1 Å². The summed E-state index contributed by atoms with van der Waals surface area (Å²) in [6, 6.07) is 9.89. The first kappa shape index (κ1) is 7.79. The second-order valence-electron chi connectivity index (χ2n) is 1.96. The summed E-state index contributed by atoms with van der Waals surface area (Å²) in [6.07, 6.45) is 0. The van der Waals surface area contributed by atoms with E-state index in [1.54, 1.807) is 7.11 Å². The van der Waals surface area contributed by atoms with Crippen LogP contribution in [0.4, 0.5) is 0 Å². The SMILES string of the molecule is CO[SiH](Cl)c1ccccc1. The van der Waals surface area contributed by atoms with Crippen molar-refractivity contribution in [2.24, 2.45) is 0 Å². The van der Waals surface area contributed by atoms with Crippen molar-refractivity contribution in [3.05, 3.63) is 30.3 Å². The summed E-state index contributed by atoms with van der Waals surface area (Å²) in [7, 11) is 0.0823. The van der Waals surface area contributed by atoms with E-state index in [4.69, 9.17) is 15.5 Å². The molecule has 1 atom stereocenters. The molecule has 0 amide bonds. The van der Waals surface area contributed by atoms with Crippen molar-refractivity contribution in [2.75, 3.05) is 7.11 Å². The molecule has 0 bridgehead atoms. The van der Waals surface area contributed by atoms with Crippen LogP contribution in [0, 0.1) is 0 Å². The van der Waals surface area contributed by atoms with E-state index in [0.29, 0.717) is 0 Å². The van der Waals surface area contributed by atoms with Crippen molar-refractivity contribution in [1.82, 2.24) is 0 Å². The molecule has 3 heteroatoms. The maximum atomic E-state index is 5.91. The minimum Gasteiger partial charge on any atom is -0.406 e. The molecule has 0 aliphatic rings. The minimum absolute atomic E-state index is 1.13. The van der Waals surface area contributed by atoms with E-state index in [1.807, 2.05) is 30.3 Å². The van der Waals surface area contributed by atoms with E-state index in [0.717, 1.165) is 5.19 Å². The van der Waals surface area contributed by atoms with Gasteiger partial charge in [0.25, 0.3) is 0 Å². The molecule has 10 heavy (non-hydrogen) atoms. The second kappa shape index (κ2) is 3.76. The van der Waals surface area contributed by atoms with Gasteiger partial charge in [-0.05, 0) is 5.19 Å². The van der Waals surface area contributed by atoms with Gasteiger partial charge in [-0.15, -0.1) is 11.1 Å². The summed E-state index contributed by atoms with van der Waals surface area (Å²) in [5, 5.41) is 1.13. The third kappa shape index (κ3) is 1.83. The van der Waals surface area contributed by atoms with Gasteiger partial charge in [0.1, 0.15) is 0 Å². The van der Waals surface area contributed by atoms with Crippen LogP contribution < -0.4 is 5.19 Å². The Hall–Kier alpha value is -0.313. The average Bonchev–Trinajstić information content (AvgIpc) is 2.05. The van der Waals surface area contributed by atoms with E-state index in [1.165, 1.54) is 0 Å². The Morgan fingerprint density at radius 2 is 1.90 bits per heavy atom. The maximum absolute atomic E-state index is 5.91. The molecule has 0 N–H and O–H groups in total. The first-order valence-corrected chi connectivity index (χ1v) is 5.86. The lowest BCUT2D eigenvalue weighted by molar-refractivity contribution is 0.444. The van der Waals surface area contributed by atoms with Gasteiger partial charge in [0, 0.05) is 7.11 Å². The zero-order valence-corrected chi connectivity index (χ0v) is 7.66. The van der Waals surface area contributed by atoms with E-state index >= 15 is 0 Å². The molecule has 0 aliphatic heterocycles. The Labute approximate surface area is 67.0 Å². The zero-order chi connectivity index (χ0) is 7.40. The lowest BCUT2D eigenvalue weighted by atomic mass is 10.4. The molecule has 0 saturated heterocycles. The number of hydrogen-bond donors (Lipinski definition) is 0. The largest absolute Gasteiger partial charge is 0.406 e. The van der Waals surface area contributed by atoms with Crippen LogP contribution in [0.25, 0.3) is 0 Å². The standard InChI is InChI=1S/C7H9ClOSi/c1-9-10(8)7-5-3-2-4-6-7/h2-6,10H,1H3. The summed E-state index contributed by atoms with van der Waals surface area (Å²) >= 11 is 5.91. The number of benzene rings is 1. The van der Waals surface area contributed by atoms with Crippen molar-refractivity contribution in [2.45, 2.75) is 0 Å². The third-order valence-electron chi connectivity index (χ3n) is 1.27. The van der Waals surface area contributed by atoms with Crippen LogP contribution in [0.3, 0.4) is 0 Å². The average molecular weight is 173 g/mol. The minimum atomic E-state index is -1.57. The van der Waals surface area contributed by atoms with Gasteiger partial charge in [-0.1, -0.05) is 30.3 Å². The molecule has 0 saturated carbocycles. The van der Waals surface area contributed by atoms with Gasteiger partial charge in [-0.3, -0.25) is 0 Å². The van der Waals surface area contributed by atoms with Gasteiger partial charge in [0.05, 0.1) is 0 Å². The lowest BCUT2D eigenvalue weighted by Gasteiger charge is -2.03. The molecule has 1 aromatic rings. The van der Waals surface area contributed by atoms with E-state index in [2.05, 4.69) is 0 Å². The number of rotatable bonds is 2. The van der Waals surface area contributed by atoms with Crippen LogP contribution in [0.1, 0.15) is 0 Å². The van der Waals surface area contributed by atoms with Crippen molar-refractivity contribution in [3.8, 4) is 0 Å². The first-order chi connectivity index (χ1) is 4.84. The zero-order valence-electron chi connectivity index (χ0n) is 5.75. The van der Waals surface area contributed by atoms with Crippen LogP contribution in [0.5, 0.6) is 0 Å². The van der Waals surface area contributed by atoms with E-state index < -0.39 is 8.35 Å². The van der Waals surface area contributed by atoms with Gasteiger partial charge in [-0.2, -0.15) is 0 Å². The van der Waals surface area contributed by atoms with Crippen LogP contribution in [-0.2, 0) is 4.43 Å². The van der Waals surface area contributed by atoms with Crippen molar-refractivity contribution in [1.29, 1.82) is 0 Å². The van der Waals surface area contributed by atoms with Crippen molar-refractivity contribution >= 4 is 24.6 Å². The summed E-state index contributed by atoms with van der Waals surface area (Å²) in [5.74, 6) is 0. The summed E-state index contributed by atoms with van der Waals surface area (Å²) < 4.78 is 5.04. The quantitative estimate of drug-likeness (QED) is 0.478. The molecular formula is C7H9ClOSi. The third-order valence-corrected chi connectivity index (χ3v) is 3.88. The summed E-state index contributed by atoms with van der Waals surface area (Å²) in [5.41, 5.74) is 0. The molecule has 0 heterocycles. The molecule has 1 aromatic carbocycles. The molecule has 0 spiro atoms. The fourth-order valence-corrected chi connectivity index (χ4v) is 1.97. The Morgan fingerprint density at radius 1 is 1.30 bits per heavy atom. The number of hydrogen-bond acceptors (Lipinski definition) is 1. The van der Waals surface area contributed by atoms with Gasteiger partial charge in [0.2, 0.25) is 0 Å². The predicted octanol–water partition coefficient (Wildman–Crippen LogP) is 0.999. The normalized spacial score (nSPS) is 13.0. The van der Waals surface area contributed by atoms with Crippen molar-refractivity contribution < 1.29 is 4.43 Å². The smallest absolute Gasteiger partial charge is 0.306 e. The molecule has 1 unspecified atom stereocenters. The summed E-state index contributed by atoms with van der Waals surface area (Å²) in [6.45, 7) is 0. The predicted molar refractivity (Wildman–Crippen MR) is 46.1 cm³/mol. The highest BCUT2D eigenvalue weighted by atomic mass is 35.6. The van der Waals surface area contributed by atoms with Gasteiger partial charge in [-0.25, -0.2) is 0 Å². The molecule has 1 nitrogen and oxygen atoms in total. The Morgan fingerprint density at radius 3 is 2.40 bits per heavy atom. The highest BCUT2D eigenvalue weighted by Crippen LogP contribution is 1.92. The molecule has 0 radical (unpaired) electrons. The van der Waals surface area contributed by atoms with E-state index in [9.17, 15) is 0 Å². The topological polar surface area (TPSA) is 9.23 Å². The van der Waals surface area contributed by atoms with Gasteiger partial charge < -0.3 is 4.43 Å². The van der Waals surface area contributed by atoms with E-state index in [-0.39, 0.29) is 0 Å². The first-order valence-electron chi connectivity index (χ1n) is 3.06. The highest BCUT2D eigenvalue weighted by molar-refractivity contribution is 7.10. The van der Waals surface area contributed by atoms with Gasteiger partial charge in [0.15, 0.2) is 0 Å². The fourth-order valence-electron chi connectivity index (χ4n) is 0.740.